The first-order chi connectivity index (χ1) is 8.82. The van der Waals surface area contributed by atoms with Gasteiger partial charge in [-0.1, -0.05) is 15.9 Å². The van der Waals surface area contributed by atoms with E-state index in [0.29, 0.717) is 17.2 Å². The molecule has 1 aromatic heterocycles. The van der Waals surface area contributed by atoms with Crippen molar-refractivity contribution in [2.24, 2.45) is 0 Å². The van der Waals surface area contributed by atoms with Crippen LogP contribution in [0.3, 0.4) is 0 Å². The van der Waals surface area contributed by atoms with Gasteiger partial charge in [0.05, 0.1) is 12.3 Å². The smallest absolute Gasteiger partial charge is 0.288 e. The highest BCUT2D eigenvalue weighted by molar-refractivity contribution is 9.10. The molecule has 0 bridgehead atoms. The minimum Gasteiger partial charge on any atom is -0.313 e. The first-order valence-corrected chi connectivity index (χ1v) is 6.24. The van der Waals surface area contributed by atoms with Gasteiger partial charge in [-0.25, -0.2) is 9.83 Å². The van der Waals surface area contributed by atoms with Crippen LogP contribution in [0.5, 0.6) is 0 Å². The molecule has 0 saturated carbocycles. The summed E-state index contributed by atoms with van der Waals surface area (Å²) in [6.45, 7) is 9.58. The highest BCUT2D eigenvalue weighted by Crippen LogP contribution is 2.31. The van der Waals surface area contributed by atoms with E-state index >= 15 is 0 Å². The van der Waals surface area contributed by atoms with Crippen molar-refractivity contribution in [3.63, 3.8) is 0 Å². The third-order valence-corrected chi connectivity index (χ3v) is 3.14. The molecular weight excluding hydrogens is 316 g/mol. The molecule has 0 amide bonds. The van der Waals surface area contributed by atoms with Gasteiger partial charge in [-0.15, -0.1) is 0 Å². The van der Waals surface area contributed by atoms with Gasteiger partial charge in [0.25, 0.3) is 5.92 Å². The van der Waals surface area contributed by atoms with Crippen molar-refractivity contribution < 1.29 is 8.78 Å². The molecule has 0 saturated heterocycles. The predicted molar refractivity (Wildman–Crippen MR) is 71.8 cm³/mol. The van der Waals surface area contributed by atoms with Gasteiger partial charge < -0.3 is 4.57 Å². The van der Waals surface area contributed by atoms with Crippen LogP contribution in [0.4, 0.5) is 14.5 Å². The molecule has 2 rings (SSSR count). The first-order valence-electron chi connectivity index (χ1n) is 5.44. The van der Waals surface area contributed by atoms with Crippen LogP contribution in [0.1, 0.15) is 18.4 Å². The molecule has 1 heterocycles. The molecule has 0 aliphatic rings. The SMILES string of the molecule is [C-]#[N+]c1cc(Br)ccc1-n1cc(C(C)(F)F)nc1C. The summed E-state index contributed by atoms with van der Waals surface area (Å²) in [7, 11) is 0. The number of rotatable bonds is 2. The van der Waals surface area contributed by atoms with Crippen LogP contribution in [0.15, 0.2) is 28.9 Å². The quantitative estimate of drug-likeness (QED) is 0.739. The molecule has 98 valence electrons. The lowest BCUT2D eigenvalue weighted by Crippen LogP contribution is -2.07. The number of aromatic nitrogens is 2. The number of hydrogen-bond donors (Lipinski definition) is 0. The summed E-state index contributed by atoms with van der Waals surface area (Å²) in [6, 6.07) is 5.10. The molecule has 2 aromatic rings. The summed E-state index contributed by atoms with van der Waals surface area (Å²) in [5.74, 6) is -2.58. The maximum Gasteiger partial charge on any atom is 0.288 e. The third-order valence-electron chi connectivity index (χ3n) is 2.65. The van der Waals surface area contributed by atoms with E-state index < -0.39 is 5.92 Å². The normalized spacial score (nSPS) is 11.4. The van der Waals surface area contributed by atoms with E-state index in [1.165, 1.54) is 10.8 Å². The number of aryl methyl sites for hydroxylation is 1. The molecule has 0 fully saturated rings. The molecule has 0 N–H and O–H groups in total. The Morgan fingerprint density at radius 1 is 1.42 bits per heavy atom. The second kappa shape index (κ2) is 4.74. The lowest BCUT2D eigenvalue weighted by atomic mass is 10.2. The Labute approximate surface area is 117 Å². The number of hydrogen-bond acceptors (Lipinski definition) is 1. The fourth-order valence-electron chi connectivity index (χ4n) is 1.72. The van der Waals surface area contributed by atoms with Crippen molar-refractivity contribution in [3.8, 4) is 5.69 Å². The van der Waals surface area contributed by atoms with Crippen LogP contribution < -0.4 is 0 Å². The van der Waals surface area contributed by atoms with Crippen LogP contribution >= 0.6 is 15.9 Å². The number of alkyl halides is 2. The zero-order valence-electron chi connectivity index (χ0n) is 10.3. The highest BCUT2D eigenvalue weighted by atomic mass is 79.9. The summed E-state index contributed by atoms with van der Waals surface area (Å²) < 4.78 is 28.8. The molecule has 0 unspecified atom stereocenters. The van der Waals surface area contributed by atoms with E-state index in [1.807, 2.05) is 0 Å². The monoisotopic (exact) mass is 325 g/mol. The minimum atomic E-state index is -3.00. The van der Waals surface area contributed by atoms with Gasteiger partial charge in [-0.05, 0) is 25.1 Å². The van der Waals surface area contributed by atoms with Gasteiger partial charge in [0.2, 0.25) is 5.69 Å². The number of benzene rings is 1. The maximum atomic E-state index is 13.3. The maximum absolute atomic E-state index is 13.3. The molecule has 0 radical (unpaired) electrons. The lowest BCUT2D eigenvalue weighted by Gasteiger charge is -2.08. The van der Waals surface area contributed by atoms with Crippen LogP contribution in [0, 0.1) is 13.5 Å². The Morgan fingerprint density at radius 3 is 2.63 bits per heavy atom. The number of nitrogens with zero attached hydrogens (tertiary/aromatic N) is 3. The van der Waals surface area contributed by atoms with E-state index in [-0.39, 0.29) is 5.69 Å². The molecule has 19 heavy (non-hydrogen) atoms. The van der Waals surface area contributed by atoms with Crippen LogP contribution in [-0.2, 0) is 5.92 Å². The van der Waals surface area contributed by atoms with Crippen LogP contribution in [-0.4, -0.2) is 9.55 Å². The minimum absolute atomic E-state index is 0.302. The zero-order chi connectivity index (χ0) is 14.2. The fraction of sp³-hybridized carbons (Fsp3) is 0.231. The van der Waals surface area contributed by atoms with Crippen molar-refractivity contribution in [1.82, 2.24) is 9.55 Å². The van der Waals surface area contributed by atoms with E-state index in [4.69, 9.17) is 6.57 Å². The zero-order valence-corrected chi connectivity index (χ0v) is 11.9. The molecule has 3 nitrogen and oxygen atoms in total. The van der Waals surface area contributed by atoms with Gasteiger partial charge in [0.1, 0.15) is 11.5 Å². The number of halogens is 3. The van der Waals surface area contributed by atoms with Crippen molar-refractivity contribution in [3.05, 3.63) is 51.8 Å². The second-order valence-electron chi connectivity index (χ2n) is 4.18. The highest BCUT2D eigenvalue weighted by Gasteiger charge is 2.28. The van der Waals surface area contributed by atoms with Crippen LogP contribution in [0.25, 0.3) is 10.5 Å². The second-order valence-corrected chi connectivity index (χ2v) is 5.09. The molecule has 0 aliphatic carbocycles. The first kappa shape index (κ1) is 13.7. The molecule has 0 atom stereocenters. The summed E-state index contributed by atoms with van der Waals surface area (Å²) in [5, 5.41) is 0. The van der Waals surface area contributed by atoms with E-state index in [1.54, 1.807) is 25.1 Å². The van der Waals surface area contributed by atoms with E-state index in [2.05, 4.69) is 25.8 Å². The summed E-state index contributed by atoms with van der Waals surface area (Å²) in [6.07, 6.45) is 1.27. The molecule has 0 spiro atoms. The van der Waals surface area contributed by atoms with Gasteiger partial charge in [-0.2, -0.15) is 8.78 Å². The average molecular weight is 326 g/mol. The largest absolute Gasteiger partial charge is 0.313 e. The van der Waals surface area contributed by atoms with E-state index in [0.717, 1.165) is 11.4 Å². The summed E-state index contributed by atoms with van der Waals surface area (Å²) >= 11 is 3.28. The number of imidazole rings is 1. The van der Waals surface area contributed by atoms with Crippen molar-refractivity contribution in [1.29, 1.82) is 0 Å². The third kappa shape index (κ3) is 2.66. The molecule has 0 aliphatic heterocycles. The standard InChI is InChI=1S/C13H10BrF2N3/c1-8-18-12(13(2,15)16)7-19(8)11-5-4-9(14)6-10(11)17-3/h4-7H,1-2H3. The Kier molecular flexibility index (Phi) is 3.42. The molecular formula is C13H10BrF2N3. The molecule has 1 aromatic carbocycles. The van der Waals surface area contributed by atoms with Crippen molar-refractivity contribution >= 4 is 21.6 Å². The predicted octanol–water partition coefficient (Wildman–Crippen LogP) is 4.61. The van der Waals surface area contributed by atoms with Crippen molar-refractivity contribution in [2.45, 2.75) is 19.8 Å². The van der Waals surface area contributed by atoms with Crippen molar-refractivity contribution in [2.75, 3.05) is 0 Å². The Hall–Kier alpha value is -1.74. The Balaban J connectivity index is 2.61. The fourth-order valence-corrected chi connectivity index (χ4v) is 2.07. The van der Waals surface area contributed by atoms with E-state index in [9.17, 15) is 8.78 Å². The van der Waals surface area contributed by atoms with Gasteiger partial charge in [0, 0.05) is 17.6 Å². The topological polar surface area (TPSA) is 22.2 Å². The van der Waals surface area contributed by atoms with Gasteiger partial charge in [-0.3, -0.25) is 0 Å². The Morgan fingerprint density at radius 2 is 2.11 bits per heavy atom. The van der Waals surface area contributed by atoms with Gasteiger partial charge in [0.15, 0.2) is 0 Å². The Bertz CT molecular complexity index is 666. The van der Waals surface area contributed by atoms with Crippen LogP contribution in [0.2, 0.25) is 0 Å². The van der Waals surface area contributed by atoms with Gasteiger partial charge >= 0.3 is 0 Å². The summed E-state index contributed by atoms with van der Waals surface area (Å²) in [4.78, 5) is 7.26. The summed E-state index contributed by atoms with van der Waals surface area (Å²) in [5.41, 5.74) is 0.614. The molecule has 6 heteroatoms. The average Bonchev–Trinajstić information content (AvgIpc) is 2.71. The lowest BCUT2D eigenvalue weighted by molar-refractivity contribution is 0.0130.